The van der Waals surface area contributed by atoms with Gasteiger partial charge in [0.05, 0.1) is 22.9 Å². The van der Waals surface area contributed by atoms with E-state index in [2.05, 4.69) is 26.3 Å². The molecular formula is C19H28N6OS. The van der Waals surface area contributed by atoms with Gasteiger partial charge in [0.15, 0.2) is 5.69 Å². The molecule has 27 heavy (non-hydrogen) atoms. The van der Waals surface area contributed by atoms with Gasteiger partial charge in [0.2, 0.25) is 0 Å². The van der Waals surface area contributed by atoms with Crippen molar-refractivity contribution in [3.63, 3.8) is 0 Å². The Labute approximate surface area is 164 Å². The van der Waals surface area contributed by atoms with Crippen LogP contribution in [-0.2, 0) is 6.42 Å². The summed E-state index contributed by atoms with van der Waals surface area (Å²) in [6.07, 6.45) is 11.1. The van der Waals surface area contributed by atoms with Crippen LogP contribution >= 0.6 is 11.3 Å². The van der Waals surface area contributed by atoms with Crippen LogP contribution in [-0.4, -0.2) is 45.5 Å². The minimum absolute atomic E-state index is 0.153. The van der Waals surface area contributed by atoms with E-state index < -0.39 is 0 Å². The van der Waals surface area contributed by atoms with Crippen molar-refractivity contribution >= 4 is 17.2 Å². The van der Waals surface area contributed by atoms with Gasteiger partial charge in [-0.1, -0.05) is 24.5 Å². The Kier molecular flexibility index (Phi) is 6.14. The zero-order valence-electron chi connectivity index (χ0n) is 15.7. The van der Waals surface area contributed by atoms with Gasteiger partial charge in [-0.05, 0) is 38.8 Å². The standard InChI is InChI=1S/C19H28N6OS/c26-19(16-12-25(24-23-16)15-6-9-20-10-7-15)21-11-8-18-22-17(13-27-18)14-4-2-1-3-5-14/h12-15,20H,1-11H2,(H,21,26). The van der Waals surface area contributed by atoms with Crippen LogP contribution in [0.5, 0.6) is 0 Å². The molecule has 1 saturated heterocycles. The molecule has 1 aliphatic carbocycles. The number of hydrogen-bond donors (Lipinski definition) is 2. The fourth-order valence-corrected chi connectivity index (χ4v) is 4.91. The van der Waals surface area contributed by atoms with E-state index in [4.69, 9.17) is 4.98 Å². The van der Waals surface area contributed by atoms with E-state index in [0.717, 1.165) is 37.4 Å². The van der Waals surface area contributed by atoms with Crippen molar-refractivity contribution in [1.82, 2.24) is 30.6 Å². The normalized spacial score (nSPS) is 19.3. The number of amides is 1. The van der Waals surface area contributed by atoms with Crippen molar-refractivity contribution in [1.29, 1.82) is 0 Å². The Balaban J connectivity index is 1.25. The number of carbonyl (C=O) groups is 1. The smallest absolute Gasteiger partial charge is 0.273 e. The number of nitrogens with one attached hydrogen (secondary N) is 2. The molecule has 0 radical (unpaired) electrons. The second-order valence-electron chi connectivity index (χ2n) is 7.57. The number of hydrogen-bond acceptors (Lipinski definition) is 6. The molecule has 2 aliphatic rings. The SMILES string of the molecule is O=C(NCCc1nc(C2CCCCC2)cs1)c1cn(C2CCNCC2)nn1. The van der Waals surface area contributed by atoms with E-state index in [1.807, 2.05) is 4.68 Å². The highest BCUT2D eigenvalue weighted by atomic mass is 32.1. The lowest BCUT2D eigenvalue weighted by atomic mass is 9.87. The summed E-state index contributed by atoms with van der Waals surface area (Å²) in [5.74, 6) is 0.489. The number of piperidine rings is 1. The summed E-state index contributed by atoms with van der Waals surface area (Å²) in [6.45, 7) is 2.56. The molecule has 2 fully saturated rings. The molecule has 2 N–H and O–H groups in total. The number of nitrogens with zero attached hydrogens (tertiary/aromatic N) is 4. The quantitative estimate of drug-likeness (QED) is 0.795. The molecule has 1 amide bonds. The Morgan fingerprint density at radius 1 is 1.22 bits per heavy atom. The Bertz CT molecular complexity index is 745. The number of aromatic nitrogens is 4. The van der Waals surface area contributed by atoms with Crippen molar-refractivity contribution in [2.45, 2.75) is 63.3 Å². The van der Waals surface area contributed by atoms with Crippen LogP contribution < -0.4 is 10.6 Å². The fourth-order valence-electron chi connectivity index (χ4n) is 4.03. The van der Waals surface area contributed by atoms with Crippen LogP contribution in [0.3, 0.4) is 0 Å². The molecule has 1 saturated carbocycles. The first-order valence-corrected chi connectivity index (χ1v) is 11.0. The van der Waals surface area contributed by atoms with Gasteiger partial charge in [-0.3, -0.25) is 4.79 Å². The molecule has 7 nitrogen and oxygen atoms in total. The molecule has 3 heterocycles. The third-order valence-electron chi connectivity index (χ3n) is 5.64. The summed E-state index contributed by atoms with van der Waals surface area (Å²) < 4.78 is 1.84. The first-order chi connectivity index (χ1) is 13.3. The second-order valence-corrected chi connectivity index (χ2v) is 8.51. The van der Waals surface area contributed by atoms with E-state index in [1.165, 1.54) is 37.8 Å². The zero-order valence-corrected chi connectivity index (χ0v) is 16.5. The first-order valence-electron chi connectivity index (χ1n) is 10.1. The Hall–Kier alpha value is -1.80. The molecule has 146 valence electrons. The highest BCUT2D eigenvalue weighted by Crippen LogP contribution is 2.33. The maximum atomic E-state index is 12.3. The summed E-state index contributed by atoms with van der Waals surface area (Å²) in [7, 11) is 0. The topological polar surface area (TPSA) is 84.7 Å². The van der Waals surface area contributed by atoms with Crippen molar-refractivity contribution in [3.05, 3.63) is 28.0 Å². The average Bonchev–Trinajstić information content (AvgIpc) is 3.39. The summed E-state index contributed by atoms with van der Waals surface area (Å²) in [5.41, 5.74) is 1.65. The molecule has 0 atom stereocenters. The largest absolute Gasteiger partial charge is 0.350 e. The number of carbonyl (C=O) groups excluding carboxylic acids is 1. The summed E-state index contributed by atoms with van der Waals surface area (Å²) in [5, 5.41) is 17.8. The molecular weight excluding hydrogens is 360 g/mol. The van der Waals surface area contributed by atoms with Crippen molar-refractivity contribution in [2.75, 3.05) is 19.6 Å². The van der Waals surface area contributed by atoms with Crippen LogP contribution in [0, 0.1) is 0 Å². The molecule has 1 aliphatic heterocycles. The molecule has 0 bridgehead atoms. The van der Waals surface area contributed by atoms with Crippen LogP contribution in [0.4, 0.5) is 0 Å². The minimum atomic E-state index is -0.153. The summed E-state index contributed by atoms with van der Waals surface area (Å²) in [6, 6.07) is 0.342. The number of thiazole rings is 1. The molecule has 0 unspecified atom stereocenters. The molecule has 2 aromatic rings. The maximum Gasteiger partial charge on any atom is 0.273 e. The Morgan fingerprint density at radius 2 is 2.04 bits per heavy atom. The lowest BCUT2D eigenvalue weighted by molar-refractivity contribution is 0.0949. The van der Waals surface area contributed by atoms with Crippen molar-refractivity contribution in [2.24, 2.45) is 0 Å². The van der Waals surface area contributed by atoms with Gasteiger partial charge in [0, 0.05) is 24.3 Å². The monoisotopic (exact) mass is 388 g/mol. The van der Waals surface area contributed by atoms with Crippen LogP contribution in [0.2, 0.25) is 0 Å². The third kappa shape index (κ3) is 4.73. The molecule has 4 rings (SSSR count). The molecule has 0 aromatic carbocycles. The fraction of sp³-hybridized carbons (Fsp3) is 0.684. The predicted octanol–water partition coefficient (Wildman–Crippen LogP) is 2.68. The van der Waals surface area contributed by atoms with Gasteiger partial charge in [0.1, 0.15) is 0 Å². The van der Waals surface area contributed by atoms with Crippen molar-refractivity contribution in [3.8, 4) is 0 Å². The second kappa shape index (κ2) is 8.93. The lowest BCUT2D eigenvalue weighted by Gasteiger charge is -2.22. The average molecular weight is 389 g/mol. The van der Waals surface area contributed by atoms with Crippen LogP contribution in [0.15, 0.2) is 11.6 Å². The minimum Gasteiger partial charge on any atom is -0.350 e. The van der Waals surface area contributed by atoms with E-state index >= 15 is 0 Å². The third-order valence-corrected chi connectivity index (χ3v) is 6.57. The predicted molar refractivity (Wildman–Crippen MR) is 105 cm³/mol. The molecule has 8 heteroatoms. The summed E-state index contributed by atoms with van der Waals surface area (Å²) in [4.78, 5) is 17.1. The first kappa shape index (κ1) is 18.6. The van der Waals surface area contributed by atoms with Crippen molar-refractivity contribution < 1.29 is 4.79 Å². The van der Waals surface area contributed by atoms with E-state index in [0.29, 0.717) is 24.2 Å². The van der Waals surface area contributed by atoms with E-state index in [9.17, 15) is 4.79 Å². The van der Waals surface area contributed by atoms with Gasteiger partial charge < -0.3 is 10.6 Å². The number of rotatable bonds is 6. The van der Waals surface area contributed by atoms with Gasteiger partial charge >= 0.3 is 0 Å². The van der Waals surface area contributed by atoms with Gasteiger partial charge in [-0.25, -0.2) is 9.67 Å². The summed E-state index contributed by atoms with van der Waals surface area (Å²) >= 11 is 1.71. The molecule has 2 aromatic heterocycles. The van der Waals surface area contributed by atoms with Gasteiger partial charge in [-0.15, -0.1) is 16.4 Å². The van der Waals surface area contributed by atoms with E-state index in [1.54, 1.807) is 17.5 Å². The van der Waals surface area contributed by atoms with Gasteiger partial charge in [0.25, 0.3) is 5.91 Å². The highest BCUT2D eigenvalue weighted by Gasteiger charge is 2.20. The van der Waals surface area contributed by atoms with Crippen LogP contribution in [0.1, 0.15) is 78.1 Å². The maximum absolute atomic E-state index is 12.3. The van der Waals surface area contributed by atoms with Gasteiger partial charge in [-0.2, -0.15) is 0 Å². The van der Waals surface area contributed by atoms with E-state index in [-0.39, 0.29) is 5.91 Å². The van der Waals surface area contributed by atoms with Crippen LogP contribution in [0.25, 0.3) is 0 Å². The lowest BCUT2D eigenvalue weighted by Crippen LogP contribution is -2.29. The zero-order chi connectivity index (χ0) is 18.5. The highest BCUT2D eigenvalue weighted by molar-refractivity contribution is 7.09. The Morgan fingerprint density at radius 3 is 2.85 bits per heavy atom. The molecule has 0 spiro atoms.